The van der Waals surface area contributed by atoms with Crippen LogP contribution in [-0.4, -0.2) is 78.0 Å². The summed E-state index contributed by atoms with van der Waals surface area (Å²) < 4.78 is 9.68. The summed E-state index contributed by atoms with van der Waals surface area (Å²) in [7, 11) is 0. The third-order valence-electron chi connectivity index (χ3n) is 0.581. The molecule has 0 amide bonds. The number of hydrogen-bond donors (Lipinski definition) is 1. The largest absolute Gasteiger partial charge is 2.00 e. The minimum Gasteiger partial charge on any atom is -1.00 e. The van der Waals surface area contributed by atoms with Gasteiger partial charge in [-0.2, -0.15) is 0 Å². The summed E-state index contributed by atoms with van der Waals surface area (Å²) in [5, 5.41) is 8.21. The zero-order valence-corrected chi connectivity index (χ0v) is 10.1. The fourth-order valence-corrected chi connectivity index (χ4v) is 0.548. The Morgan fingerprint density at radius 1 is 1.33 bits per heavy atom. The van der Waals surface area contributed by atoms with Crippen molar-refractivity contribution in [2.24, 2.45) is 0 Å². The maximum atomic E-state index is 8.21. The van der Waals surface area contributed by atoms with Crippen LogP contribution in [0.3, 0.4) is 0 Å². The molecule has 0 aliphatic heterocycles. The molecule has 5 heteroatoms. The summed E-state index contributed by atoms with van der Waals surface area (Å²) in [5.41, 5.74) is 0. The van der Waals surface area contributed by atoms with Crippen molar-refractivity contribution in [1.29, 1.82) is 0 Å². The Morgan fingerprint density at radius 3 is 2.44 bits per heavy atom. The van der Waals surface area contributed by atoms with Gasteiger partial charge in [-0.15, -0.1) is 0 Å². The van der Waals surface area contributed by atoms with Crippen molar-refractivity contribution in [3.63, 3.8) is 0 Å². The normalized spacial score (nSPS) is 8.67. The molecule has 54 valence electrons. The molecule has 0 aromatic carbocycles. The second kappa shape index (κ2) is 12.2. The van der Waals surface area contributed by atoms with Crippen LogP contribution in [0.4, 0.5) is 0 Å². The number of rotatable bonds is 5. The predicted octanol–water partition coefficient (Wildman–Crippen LogP) is -1.60. The fraction of sp³-hybridized carbons (Fsp3) is 1.00. The van der Waals surface area contributed by atoms with E-state index in [0.29, 0.717) is 19.8 Å². The van der Waals surface area contributed by atoms with Crippen LogP contribution >= 0.6 is 0 Å². The molecule has 0 radical (unpaired) electrons. The van der Waals surface area contributed by atoms with Gasteiger partial charge in [0.1, 0.15) is 0 Å². The van der Waals surface area contributed by atoms with Gasteiger partial charge in [0.15, 0.2) is 0 Å². The summed E-state index contributed by atoms with van der Waals surface area (Å²) in [6.07, 6.45) is 0. The minimum atomic E-state index is 0. The Morgan fingerprint density at radius 2 is 2.00 bits per heavy atom. The van der Waals surface area contributed by atoms with Gasteiger partial charge in [0.05, 0.1) is 0 Å². The molecule has 0 aromatic rings. The van der Waals surface area contributed by atoms with E-state index >= 15 is 0 Å². The predicted molar refractivity (Wildman–Crippen MR) is 40.4 cm³/mol. The molecule has 0 aliphatic rings. The van der Waals surface area contributed by atoms with Gasteiger partial charge < -0.3 is 2.85 Å². The van der Waals surface area contributed by atoms with Gasteiger partial charge in [0, 0.05) is 0 Å². The molecule has 9 heavy (non-hydrogen) atoms. The van der Waals surface area contributed by atoms with E-state index in [-0.39, 0.29) is 32.5 Å². The summed E-state index contributed by atoms with van der Waals surface area (Å²) in [6, 6.07) is 0. The van der Waals surface area contributed by atoms with Gasteiger partial charge in [-0.3, -0.25) is 0 Å². The second-order valence-electron chi connectivity index (χ2n) is 1.21. The molecule has 0 saturated heterocycles. The van der Waals surface area contributed by atoms with Gasteiger partial charge in [-0.1, -0.05) is 0 Å². The van der Waals surface area contributed by atoms with Crippen molar-refractivity contribution in [3.8, 4) is 0 Å². The van der Waals surface area contributed by atoms with E-state index in [2.05, 4.69) is 0 Å². The maximum Gasteiger partial charge on any atom is 2.00 e. The Hall–Kier alpha value is 1.46. The van der Waals surface area contributed by atoms with E-state index in [0.717, 1.165) is 23.4 Å². The first-order valence-corrected chi connectivity index (χ1v) is 3.76. The van der Waals surface area contributed by atoms with Gasteiger partial charge in [-0.05, 0) is 0 Å². The first-order valence-electron chi connectivity index (χ1n) is 2.42. The topological polar surface area (TPSA) is 38.7 Å². The molecule has 0 bridgehead atoms. The number of aliphatic hydroxyl groups excluding tert-OH is 1. The van der Waals surface area contributed by atoms with Gasteiger partial charge in [-0.25, -0.2) is 0 Å². The summed E-state index contributed by atoms with van der Waals surface area (Å²) in [6.45, 7) is 1.77. The van der Waals surface area contributed by atoms with Crippen molar-refractivity contribution in [2.75, 3.05) is 26.4 Å². The van der Waals surface area contributed by atoms with E-state index in [9.17, 15) is 0 Å². The van der Waals surface area contributed by atoms with E-state index in [1.54, 1.807) is 0 Å². The Balaban J connectivity index is -0.0000000817. The number of ether oxygens (including phenoxy) is 1. The molecule has 0 spiro atoms. The minimum absolute atomic E-state index is 0. The van der Waals surface area contributed by atoms with E-state index < -0.39 is 0 Å². The average Bonchev–Trinajstić information content (AvgIpc) is 1.81. The van der Waals surface area contributed by atoms with E-state index in [4.69, 9.17) is 12.9 Å². The molecule has 0 atom stereocenters. The van der Waals surface area contributed by atoms with E-state index in [1.165, 1.54) is 0 Å². The molecule has 0 fully saturated rings. The molecule has 0 aliphatic carbocycles. The molecule has 0 unspecified atom stereocenters. The van der Waals surface area contributed by atoms with Crippen molar-refractivity contribution < 1.29 is 15.7 Å². The molecule has 0 heterocycles. The van der Waals surface area contributed by atoms with Crippen molar-refractivity contribution in [2.45, 2.75) is 0 Å². The molecular formula is C4H13MgO3Sb. The maximum absolute atomic E-state index is 8.21. The van der Waals surface area contributed by atoms with Crippen molar-refractivity contribution in [3.05, 3.63) is 0 Å². The number of aliphatic hydroxyl groups is 1. The Bertz CT molecular complexity index is 48.3. The van der Waals surface area contributed by atoms with E-state index in [1.807, 2.05) is 0 Å². The smallest absolute Gasteiger partial charge is 1.00 e. The van der Waals surface area contributed by atoms with Crippen LogP contribution in [0.15, 0.2) is 0 Å². The monoisotopic (exact) mass is 254 g/mol. The van der Waals surface area contributed by atoms with Crippen LogP contribution < -0.4 is 0 Å². The zero-order valence-electron chi connectivity index (χ0n) is 7.38. The van der Waals surface area contributed by atoms with Gasteiger partial charge in [0.25, 0.3) is 0 Å². The molecule has 3 nitrogen and oxygen atoms in total. The fourth-order valence-electron chi connectivity index (χ4n) is 0.274. The quantitative estimate of drug-likeness (QED) is 0.475. The SMILES string of the molecule is OCCOCC[O][SbH2].[H-].[H-].[Mg+2]. The zero-order chi connectivity index (χ0) is 6.24. The van der Waals surface area contributed by atoms with Crippen LogP contribution in [0.2, 0.25) is 0 Å². The second-order valence-corrected chi connectivity index (χ2v) is 2.16. The molecule has 1 N–H and O–H groups in total. The summed E-state index contributed by atoms with van der Waals surface area (Å²) >= 11 is 0.819. The number of hydrogen-bond acceptors (Lipinski definition) is 3. The van der Waals surface area contributed by atoms with Gasteiger partial charge >= 0.3 is 85.8 Å². The van der Waals surface area contributed by atoms with Crippen LogP contribution in [-0.2, 0) is 7.75 Å². The summed E-state index contributed by atoms with van der Waals surface area (Å²) in [5.74, 6) is 0. The van der Waals surface area contributed by atoms with Crippen molar-refractivity contribution in [1.82, 2.24) is 0 Å². The van der Waals surface area contributed by atoms with Crippen molar-refractivity contribution >= 4 is 46.5 Å². The third kappa shape index (κ3) is 12.6. The van der Waals surface area contributed by atoms with Crippen LogP contribution in [0.25, 0.3) is 0 Å². The molecule has 0 rings (SSSR count). The Kier molecular flexibility index (Phi) is 17.7. The summed E-state index contributed by atoms with van der Waals surface area (Å²) in [4.78, 5) is 0. The first kappa shape index (κ1) is 13.1. The average molecular weight is 255 g/mol. The van der Waals surface area contributed by atoms with Crippen LogP contribution in [0.1, 0.15) is 2.85 Å². The molecule has 0 saturated carbocycles. The van der Waals surface area contributed by atoms with Crippen LogP contribution in [0.5, 0.6) is 0 Å². The third-order valence-corrected chi connectivity index (χ3v) is 1.25. The molecule has 0 aromatic heterocycles. The van der Waals surface area contributed by atoms with Crippen LogP contribution in [0, 0.1) is 0 Å². The van der Waals surface area contributed by atoms with Gasteiger partial charge in [0.2, 0.25) is 0 Å². The standard InChI is InChI=1S/C4H9O3.Mg.Sb.4H/c5-1-3-7-4-2-6;;;;;;/h5H,1-4H2;;;;;;/q-1;+2;+1;;;2*-1. The Labute approximate surface area is 88.3 Å². The first-order chi connectivity index (χ1) is 3.91. The molecular weight excluding hydrogens is 242 g/mol.